The molecule has 13 nitrogen and oxygen atoms in total. The molecule has 0 atom stereocenters. The van der Waals surface area contributed by atoms with E-state index in [-0.39, 0.29) is 10.8 Å². The first-order valence-corrected chi connectivity index (χ1v) is 14.6. The fourth-order valence-electron chi connectivity index (χ4n) is 4.34. The van der Waals surface area contributed by atoms with Crippen molar-refractivity contribution in [3.63, 3.8) is 0 Å². The smallest absolute Gasteiger partial charge is 0.262 e. The van der Waals surface area contributed by atoms with Crippen molar-refractivity contribution in [2.24, 2.45) is 0 Å². The number of aromatic nitrogens is 4. The van der Waals surface area contributed by atoms with E-state index < -0.39 is 10.0 Å². The van der Waals surface area contributed by atoms with E-state index in [1.54, 1.807) is 62.9 Å². The Bertz CT molecular complexity index is 1860. The van der Waals surface area contributed by atoms with E-state index in [0.717, 1.165) is 0 Å². The van der Waals surface area contributed by atoms with Crippen LogP contribution in [0.3, 0.4) is 0 Å². The maximum atomic E-state index is 13.1. The first-order chi connectivity index (χ1) is 20.9. The third kappa shape index (κ3) is 6.23. The van der Waals surface area contributed by atoms with Crippen LogP contribution in [-0.2, 0) is 10.0 Å². The number of nitrogens with one attached hydrogen (secondary N) is 4. The van der Waals surface area contributed by atoms with Crippen molar-refractivity contribution >= 4 is 38.9 Å². The summed E-state index contributed by atoms with van der Waals surface area (Å²) >= 11 is 0. The van der Waals surface area contributed by atoms with Crippen molar-refractivity contribution in [2.45, 2.75) is 4.90 Å². The van der Waals surface area contributed by atoms with Crippen LogP contribution >= 0.6 is 0 Å². The van der Waals surface area contributed by atoms with E-state index in [1.807, 2.05) is 18.2 Å². The highest BCUT2D eigenvalue weighted by Gasteiger charge is 2.20. The van der Waals surface area contributed by atoms with Crippen LogP contribution < -0.4 is 34.3 Å². The molecule has 0 amide bonds. The molecule has 4 N–H and O–H groups in total. The minimum atomic E-state index is -3.89. The van der Waals surface area contributed by atoms with Crippen molar-refractivity contribution in [1.29, 1.82) is 0 Å². The number of benzene rings is 3. The van der Waals surface area contributed by atoms with Gasteiger partial charge in [0, 0.05) is 41.8 Å². The molecular weight excluding hydrogens is 574 g/mol. The Morgan fingerprint density at radius 1 is 0.814 bits per heavy atom. The maximum absolute atomic E-state index is 13.1. The van der Waals surface area contributed by atoms with Gasteiger partial charge in [-0.15, -0.1) is 5.10 Å². The summed E-state index contributed by atoms with van der Waals surface area (Å²) in [5.41, 5.74) is 2.30. The van der Waals surface area contributed by atoms with Gasteiger partial charge in [0.2, 0.25) is 5.95 Å². The molecule has 220 valence electrons. The summed E-state index contributed by atoms with van der Waals surface area (Å²) < 4.78 is 50.5. The molecule has 0 saturated carbocycles. The fourth-order valence-corrected chi connectivity index (χ4v) is 5.41. The topological polar surface area (TPSA) is 162 Å². The van der Waals surface area contributed by atoms with Crippen LogP contribution in [0.25, 0.3) is 11.4 Å². The Labute approximate surface area is 247 Å². The van der Waals surface area contributed by atoms with E-state index in [2.05, 4.69) is 35.5 Å². The molecule has 0 aliphatic carbocycles. The first-order valence-electron chi connectivity index (χ1n) is 13.1. The summed E-state index contributed by atoms with van der Waals surface area (Å²) in [6.07, 6.45) is 1.66. The van der Waals surface area contributed by atoms with Gasteiger partial charge in [0.25, 0.3) is 10.0 Å². The van der Waals surface area contributed by atoms with Crippen LogP contribution in [0, 0.1) is 0 Å². The van der Waals surface area contributed by atoms with Crippen LogP contribution in [0.2, 0.25) is 0 Å². The van der Waals surface area contributed by atoms with Gasteiger partial charge in [0.05, 0.1) is 30.4 Å². The van der Waals surface area contributed by atoms with E-state index in [1.165, 1.54) is 12.1 Å². The van der Waals surface area contributed by atoms with Gasteiger partial charge >= 0.3 is 0 Å². The van der Waals surface area contributed by atoms with Crippen LogP contribution in [0.5, 0.6) is 23.0 Å². The zero-order valence-electron chi connectivity index (χ0n) is 23.1. The molecule has 6 rings (SSSR count). The molecule has 43 heavy (non-hydrogen) atoms. The quantitative estimate of drug-likeness (QED) is 0.171. The van der Waals surface area contributed by atoms with Gasteiger partial charge in [-0.05, 0) is 42.5 Å². The maximum Gasteiger partial charge on any atom is 0.262 e. The standard InChI is InChI=1S/C29H27N7O6S/c1-39-21-14-20(15-22(16-21)40-2)31-27-24(7-4-10-30-27)28-33-29(35-34-28)32-18-5-3-6-19(13-18)36-43(37,38)23-8-9-25-26(17-23)42-12-11-41-25/h3-10,13-17,36H,11-12H2,1-2H3,(H,30,31)(H2,32,33,34,35). The number of hydrogen-bond acceptors (Lipinski definition) is 11. The predicted octanol–water partition coefficient (Wildman–Crippen LogP) is 4.94. The second kappa shape index (κ2) is 11.8. The molecule has 0 unspecified atom stereocenters. The predicted molar refractivity (Wildman–Crippen MR) is 160 cm³/mol. The number of methoxy groups -OCH3 is 2. The van der Waals surface area contributed by atoms with Gasteiger partial charge in [-0.2, -0.15) is 4.98 Å². The van der Waals surface area contributed by atoms with Gasteiger partial charge in [-0.3, -0.25) is 9.82 Å². The number of nitrogens with zero attached hydrogens (tertiary/aromatic N) is 3. The molecule has 0 spiro atoms. The number of anilines is 5. The molecule has 0 saturated heterocycles. The molecule has 1 aliphatic rings. The van der Waals surface area contributed by atoms with Crippen LogP contribution in [0.15, 0.2) is 83.9 Å². The largest absolute Gasteiger partial charge is 0.497 e. The number of H-pyrrole nitrogens is 1. The lowest BCUT2D eigenvalue weighted by atomic mass is 10.2. The van der Waals surface area contributed by atoms with Crippen LogP contribution in [0.4, 0.5) is 28.8 Å². The fraction of sp³-hybridized carbons (Fsp3) is 0.138. The lowest BCUT2D eigenvalue weighted by Crippen LogP contribution is -2.17. The zero-order valence-corrected chi connectivity index (χ0v) is 23.9. The summed E-state index contributed by atoms with van der Waals surface area (Å²) in [6, 6.07) is 20.3. The second-order valence-electron chi connectivity index (χ2n) is 9.25. The number of hydrogen-bond donors (Lipinski definition) is 4. The summed E-state index contributed by atoms with van der Waals surface area (Å²) in [6.45, 7) is 0.777. The summed E-state index contributed by atoms with van der Waals surface area (Å²) in [4.78, 5) is 9.09. The molecule has 1 aliphatic heterocycles. The lowest BCUT2D eigenvalue weighted by molar-refractivity contribution is 0.171. The summed E-state index contributed by atoms with van der Waals surface area (Å²) in [5, 5.41) is 13.6. The lowest BCUT2D eigenvalue weighted by Gasteiger charge is -2.19. The van der Waals surface area contributed by atoms with E-state index >= 15 is 0 Å². The Hall–Kier alpha value is -5.50. The van der Waals surface area contributed by atoms with E-state index in [9.17, 15) is 8.42 Å². The third-order valence-corrected chi connectivity index (χ3v) is 7.74. The first kappa shape index (κ1) is 27.7. The Kier molecular flexibility index (Phi) is 7.57. The van der Waals surface area contributed by atoms with Gasteiger partial charge in [0.15, 0.2) is 17.3 Å². The highest BCUT2D eigenvalue weighted by Crippen LogP contribution is 2.34. The van der Waals surface area contributed by atoms with Crippen molar-refractivity contribution in [1.82, 2.24) is 20.2 Å². The molecule has 0 radical (unpaired) electrons. The summed E-state index contributed by atoms with van der Waals surface area (Å²) in [7, 11) is -0.724. The van der Waals surface area contributed by atoms with Gasteiger partial charge in [-0.1, -0.05) is 6.07 Å². The monoisotopic (exact) mass is 601 g/mol. The zero-order chi connectivity index (χ0) is 29.8. The van der Waals surface area contributed by atoms with Gasteiger partial charge in [-0.25, -0.2) is 13.4 Å². The molecule has 14 heteroatoms. The molecule has 5 aromatic rings. The van der Waals surface area contributed by atoms with Gasteiger partial charge < -0.3 is 29.6 Å². The van der Waals surface area contributed by atoms with Crippen molar-refractivity contribution in [3.8, 4) is 34.4 Å². The number of rotatable bonds is 10. The molecule has 0 fully saturated rings. The number of pyridine rings is 1. The molecule has 3 aromatic carbocycles. The number of fused-ring (bicyclic) bond motifs is 1. The minimum absolute atomic E-state index is 0.0574. The molecule has 2 aromatic heterocycles. The van der Waals surface area contributed by atoms with Gasteiger partial charge in [0.1, 0.15) is 30.5 Å². The van der Waals surface area contributed by atoms with Crippen LogP contribution in [-0.4, -0.2) is 56.0 Å². The highest BCUT2D eigenvalue weighted by atomic mass is 32.2. The van der Waals surface area contributed by atoms with E-state index in [0.29, 0.717) is 70.5 Å². The second-order valence-corrected chi connectivity index (χ2v) is 10.9. The Morgan fingerprint density at radius 2 is 1.58 bits per heavy atom. The molecule has 0 bridgehead atoms. The normalized spacial score (nSPS) is 12.3. The average molecular weight is 602 g/mol. The van der Waals surface area contributed by atoms with Crippen molar-refractivity contribution < 1.29 is 27.4 Å². The minimum Gasteiger partial charge on any atom is -0.497 e. The molecule has 3 heterocycles. The SMILES string of the molecule is COc1cc(Nc2ncccc2-c2nc(Nc3cccc(NS(=O)(=O)c4ccc5c(c4)OCCO5)c3)n[nH]2)cc(OC)c1. The Balaban J connectivity index is 1.18. The van der Waals surface area contributed by atoms with E-state index in [4.69, 9.17) is 18.9 Å². The van der Waals surface area contributed by atoms with Crippen LogP contribution in [0.1, 0.15) is 0 Å². The number of aromatic amines is 1. The average Bonchev–Trinajstić information content (AvgIpc) is 3.49. The summed E-state index contributed by atoms with van der Waals surface area (Å²) in [5.74, 6) is 3.43. The number of sulfonamides is 1. The van der Waals surface area contributed by atoms with Crippen molar-refractivity contribution in [2.75, 3.05) is 42.8 Å². The molecular formula is C29H27N7O6S. The number of ether oxygens (including phenoxy) is 4. The highest BCUT2D eigenvalue weighted by molar-refractivity contribution is 7.92. The third-order valence-electron chi connectivity index (χ3n) is 6.36. The van der Waals surface area contributed by atoms with Crippen molar-refractivity contribution in [3.05, 3.63) is 79.0 Å². The Morgan fingerprint density at radius 3 is 2.37 bits per heavy atom.